The van der Waals surface area contributed by atoms with Gasteiger partial charge in [0.05, 0.1) is 6.20 Å². The van der Waals surface area contributed by atoms with Gasteiger partial charge >= 0.3 is 0 Å². The largest absolute Gasteiger partial charge is 0.396 e. The van der Waals surface area contributed by atoms with E-state index >= 15 is 0 Å². The number of hydrogen-bond donors (Lipinski definition) is 1. The Morgan fingerprint density at radius 1 is 1.65 bits per heavy atom. The Morgan fingerprint density at radius 3 is 3.12 bits per heavy atom. The van der Waals surface area contributed by atoms with Crippen LogP contribution in [0.3, 0.4) is 0 Å². The van der Waals surface area contributed by atoms with Gasteiger partial charge in [0, 0.05) is 19.7 Å². The van der Waals surface area contributed by atoms with Crippen molar-refractivity contribution in [3.63, 3.8) is 0 Å². The number of aliphatic hydroxyl groups is 1. The molecular formula is C11H13ClN4O. The molecule has 1 aromatic rings. The molecule has 90 valence electrons. The Bertz CT molecular complexity index is 446. The van der Waals surface area contributed by atoms with Crippen LogP contribution in [0, 0.1) is 17.2 Å². The van der Waals surface area contributed by atoms with Crippen LogP contribution in [-0.4, -0.2) is 34.8 Å². The van der Waals surface area contributed by atoms with Crippen molar-refractivity contribution in [2.24, 2.45) is 5.92 Å². The van der Waals surface area contributed by atoms with Crippen LogP contribution in [0.5, 0.6) is 0 Å². The summed E-state index contributed by atoms with van der Waals surface area (Å²) in [7, 11) is 0. The van der Waals surface area contributed by atoms with Crippen molar-refractivity contribution < 1.29 is 5.11 Å². The standard InChI is InChI=1S/C11H13ClN4O/c12-11-9(4-13)14-5-10(15-11)16-3-1-2-8(6-16)7-17/h5,8,17H,1-3,6-7H2/t8-/m0/s1. The summed E-state index contributed by atoms with van der Waals surface area (Å²) in [6, 6.07) is 1.88. The molecule has 0 spiro atoms. The fourth-order valence-electron chi connectivity index (χ4n) is 2.01. The van der Waals surface area contributed by atoms with Crippen LogP contribution >= 0.6 is 11.6 Å². The minimum Gasteiger partial charge on any atom is -0.396 e. The molecule has 0 amide bonds. The van der Waals surface area contributed by atoms with Gasteiger partial charge in [-0.1, -0.05) is 11.6 Å². The highest BCUT2D eigenvalue weighted by Gasteiger charge is 2.21. The molecule has 1 aliphatic heterocycles. The summed E-state index contributed by atoms with van der Waals surface area (Å²) in [6.07, 6.45) is 3.61. The number of piperidine rings is 1. The first kappa shape index (κ1) is 12.1. The first-order valence-electron chi connectivity index (χ1n) is 5.53. The number of nitriles is 1. The second kappa shape index (κ2) is 5.30. The van der Waals surface area contributed by atoms with Gasteiger partial charge < -0.3 is 10.0 Å². The topological polar surface area (TPSA) is 73.0 Å². The van der Waals surface area contributed by atoms with E-state index < -0.39 is 0 Å². The van der Waals surface area contributed by atoms with Crippen molar-refractivity contribution in [2.45, 2.75) is 12.8 Å². The summed E-state index contributed by atoms with van der Waals surface area (Å²) in [4.78, 5) is 10.2. The van der Waals surface area contributed by atoms with Gasteiger partial charge in [0.2, 0.25) is 0 Å². The Labute approximate surface area is 105 Å². The molecule has 17 heavy (non-hydrogen) atoms. The van der Waals surface area contributed by atoms with Crippen LogP contribution in [0.4, 0.5) is 5.82 Å². The van der Waals surface area contributed by atoms with Gasteiger partial charge in [0.1, 0.15) is 11.9 Å². The second-order valence-electron chi connectivity index (χ2n) is 4.12. The van der Waals surface area contributed by atoms with Crippen molar-refractivity contribution >= 4 is 17.4 Å². The van der Waals surface area contributed by atoms with Crippen molar-refractivity contribution in [3.8, 4) is 6.07 Å². The highest BCUT2D eigenvalue weighted by atomic mass is 35.5. The van der Waals surface area contributed by atoms with E-state index in [0.717, 1.165) is 25.9 Å². The number of aliphatic hydroxyl groups excluding tert-OH is 1. The average molecular weight is 253 g/mol. The van der Waals surface area contributed by atoms with Crippen molar-refractivity contribution in [1.82, 2.24) is 9.97 Å². The average Bonchev–Trinajstić information content (AvgIpc) is 2.38. The van der Waals surface area contributed by atoms with E-state index in [2.05, 4.69) is 9.97 Å². The van der Waals surface area contributed by atoms with E-state index in [0.29, 0.717) is 5.82 Å². The summed E-state index contributed by atoms with van der Waals surface area (Å²) in [5.41, 5.74) is 0.145. The molecule has 5 nitrogen and oxygen atoms in total. The predicted octanol–water partition coefficient (Wildman–Crippen LogP) is 1.21. The van der Waals surface area contributed by atoms with Crippen molar-refractivity contribution in [1.29, 1.82) is 5.26 Å². The van der Waals surface area contributed by atoms with Crippen LogP contribution in [0.25, 0.3) is 0 Å². The SMILES string of the molecule is N#Cc1ncc(N2CCC[C@H](CO)C2)nc1Cl. The molecular weight excluding hydrogens is 240 g/mol. The zero-order chi connectivity index (χ0) is 12.3. The Morgan fingerprint density at radius 2 is 2.47 bits per heavy atom. The van der Waals surface area contributed by atoms with Gasteiger partial charge in [-0.3, -0.25) is 0 Å². The third-order valence-corrected chi connectivity index (χ3v) is 3.19. The lowest BCUT2D eigenvalue weighted by atomic mass is 9.99. The summed E-state index contributed by atoms with van der Waals surface area (Å²) in [6.45, 7) is 1.83. The third-order valence-electron chi connectivity index (χ3n) is 2.92. The van der Waals surface area contributed by atoms with E-state index in [1.807, 2.05) is 11.0 Å². The highest BCUT2D eigenvalue weighted by molar-refractivity contribution is 6.30. The monoisotopic (exact) mass is 252 g/mol. The van der Waals surface area contributed by atoms with E-state index in [9.17, 15) is 0 Å². The lowest BCUT2D eigenvalue weighted by Gasteiger charge is -2.32. The molecule has 0 radical (unpaired) electrons. The van der Waals surface area contributed by atoms with Gasteiger partial charge in [-0.2, -0.15) is 5.26 Å². The number of nitrogens with zero attached hydrogens (tertiary/aromatic N) is 4. The Hall–Kier alpha value is -1.38. The lowest BCUT2D eigenvalue weighted by molar-refractivity contribution is 0.208. The maximum Gasteiger partial charge on any atom is 0.178 e. The molecule has 1 fully saturated rings. The number of hydrogen-bond acceptors (Lipinski definition) is 5. The molecule has 0 aliphatic carbocycles. The smallest absolute Gasteiger partial charge is 0.178 e. The molecule has 1 aromatic heterocycles. The molecule has 1 N–H and O–H groups in total. The van der Waals surface area contributed by atoms with Crippen LogP contribution in [-0.2, 0) is 0 Å². The summed E-state index contributed by atoms with van der Waals surface area (Å²) in [5.74, 6) is 0.951. The van der Waals surface area contributed by atoms with E-state index in [1.165, 1.54) is 0 Å². The first-order chi connectivity index (χ1) is 8.24. The fraction of sp³-hybridized carbons (Fsp3) is 0.545. The molecule has 2 rings (SSSR count). The Balaban J connectivity index is 2.17. The minimum atomic E-state index is 0.135. The second-order valence-corrected chi connectivity index (χ2v) is 4.47. The molecule has 0 bridgehead atoms. The molecule has 6 heteroatoms. The van der Waals surface area contributed by atoms with Gasteiger partial charge in [-0.15, -0.1) is 0 Å². The number of aromatic nitrogens is 2. The van der Waals surface area contributed by atoms with E-state index in [1.54, 1.807) is 6.20 Å². The van der Waals surface area contributed by atoms with Crippen LogP contribution in [0.15, 0.2) is 6.20 Å². The molecule has 1 saturated heterocycles. The zero-order valence-electron chi connectivity index (χ0n) is 9.30. The molecule has 2 heterocycles. The molecule has 0 saturated carbocycles. The minimum absolute atomic E-state index is 0.135. The fourth-order valence-corrected chi connectivity index (χ4v) is 2.19. The van der Waals surface area contributed by atoms with Crippen LogP contribution < -0.4 is 4.90 Å². The molecule has 0 unspecified atom stereocenters. The third kappa shape index (κ3) is 2.65. The van der Waals surface area contributed by atoms with Gasteiger partial charge in [0.25, 0.3) is 0 Å². The quantitative estimate of drug-likeness (QED) is 0.857. The van der Waals surface area contributed by atoms with Crippen LogP contribution in [0.2, 0.25) is 5.15 Å². The number of rotatable bonds is 2. The van der Waals surface area contributed by atoms with Gasteiger partial charge in [-0.25, -0.2) is 9.97 Å². The van der Waals surface area contributed by atoms with Crippen molar-refractivity contribution in [2.75, 3.05) is 24.6 Å². The maximum absolute atomic E-state index is 9.16. The predicted molar refractivity (Wildman–Crippen MR) is 63.8 cm³/mol. The summed E-state index contributed by atoms with van der Waals surface area (Å²) in [5, 5.41) is 18.0. The van der Waals surface area contributed by atoms with E-state index in [4.69, 9.17) is 22.0 Å². The first-order valence-corrected chi connectivity index (χ1v) is 5.91. The van der Waals surface area contributed by atoms with Gasteiger partial charge in [-0.05, 0) is 18.8 Å². The number of halogens is 1. The molecule has 1 aliphatic rings. The normalized spacial score (nSPS) is 20.1. The highest BCUT2D eigenvalue weighted by Crippen LogP contribution is 2.22. The van der Waals surface area contributed by atoms with Crippen LogP contribution in [0.1, 0.15) is 18.5 Å². The van der Waals surface area contributed by atoms with Crippen molar-refractivity contribution in [3.05, 3.63) is 17.0 Å². The number of anilines is 1. The molecule has 0 aromatic carbocycles. The van der Waals surface area contributed by atoms with Gasteiger partial charge in [0.15, 0.2) is 10.8 Å². The summed E-state index contributed by atoms with van der Waals surface area (Å²) >= 11 is 5.85. The van der Waals surface area contributed by atoms with E-state index in [-0.39, 0.29) is 23.4 Å². The molecule has 1 atom stereocenters. The lowest BCUT2D eigenvalue weighted by Crippen LogP contribution is -2.37. The Kier molecular flexibility index (Phi) is 3.77. The zero-order valence-corrected chi connectivity index (χ0v) is 10.1. The maximum atomic E-state index is 9.16. The summed E-state index contributed by atoms with van der Waals surface area (Å²) < 4.78 is 0.